The Morgan fingerprint density at radius 2 is 1.79 bits per heavy atom. The highest BCUT2D eigenvalue weighted by Gasteiger charge is 2.29. The van der Waals surface area contributed by atoms with E-state index in [1.165, 1.54) is 12.1 Å². The van der Waals surface area contributed by atoms with Gasteiger partial charge in [-0.15, -0.1) is 0 Å². The zero-order chi connectivity index (χ0) is 17.6. The zero-order valence-electron chi connectivity index (χ0n) is 13.3. The summed E-state index contributed by atoms with van der Waals surface area (Å²) in [5.41, 5.74) is -0.326. The molecule has 0 aliphatic rings. The number of aliphatic hydroxyl groups excluding tert-OH is 1. The van der Waals surface area contributed by atoms with Crippen molar-refractivity contribution in [1.29, 1.82) is 0 Å². The first-order valence-corrected chi connectivity index (χ1v) is 7.67. The molecule has 5 heteroatoms. The fourth-order valence-electron chi connectivity index (χ4n) is 2.58. The van der Waals surface area contributed by atoms with Crippen molar-refractivity contribution in [2.75, 3.05) is 19.7 Å². The van der Waals surface area contributed by atoms with E-state index in [1.54, 1.807) is 0 Å². The Hall–Kier alpha value is -2.08. The van der Waals surface area contributed by atoms with E-state index < -0.39 is 17.2 Å². The lowest BCUT2D eigenvalue weighted by Crippen LogP contribution is -2.40. The van der Waals surface area contributed by atoms with E-state index >= 15 is 0 Å². The Bertz CT molecular complexity index is 678. The lowest BCUT2D eigenvalue weighted by Gasteiger charge is -2.32. The molecule has 0 aliphatic heterocycles. The molecule has 0 aliphatic carbocycles. The van der Waals surface area contributed by atoms with E-state index in [2.05, 4.69) is 6.58 Å². The van der Waals surface area contributed by atoms with Crippen molar-refractivity contribution < 1.29 is 19.0 Å². The Balaban J connectivity index is 2.23. The molecule has 1 unspecified atom stereocenters. The number of nitrogens with zero attached hydrogens (tertiary/aromatic N) is 1. The Kier molecular flexibility index (Phi) is 6.20. The first-order valence-electron chi connectivity index (χ1n) is 7.67. The van der Waals surface area contributed by atoms with Gasteiger partial charge in [-0.1, -0.05) is 49.1 Å². The van der Waals surface area contributed by atoms with Gasteiger partial charge in [-0.05, 0) is 23.3 Å². The van der Waals surface area contributed by atoms with Crippen molar-refractivity contribution in [3.63, 3.8) is 0 Å². The lowest BCUT2D eigenvalue weighted by molar-refractivity contribution is 0.0336. The predicted octanol–water partition coefficient (Wildman–Crippen LogP) is 2.83. The number of aliphatic hydroxyl groups is 2. The summed E-state index contributed by atoms with van der Waals surface area (Å²) in [7, 11) is 0. The standard InChI is InChI=1S/C19H21F2NO2/c1-2-19(24,16-8-9-17(20)18(21)12-16)14-22(10-11-23)13-15-6-4-3-5-7-15/h2-9,12,23-24H,1,10-11,13-14H2. The van der Waals surface area contributed by atoms with Gasteiger partial charge in [-0.3, -0.25) is 4.90 Å². The zero-order valence-corrected chi connectivity index (χ0v) is 13.3. The quantitative estimate of drug-likeness (QED) is 0.730. The van der Waals surface area contributed by atoms with Crippen molar-refractivity contribution in [2.45, 2.75) is 12.1 Å². The summed E-state index contributed by atoms with van der Waals surface area (Å²) in [6.07, 6.45) is 1.30. The Morgan fingerprint density at radius 1 is 1.08 bits per heavy atom. The van der Waals surface area contributed by atoms with Crippen LogP contribution in [0.2, 0.25) is 0 Å². The summed E-state index contributed by atoms with van der Waals surface area (Å²) in [5, 5.41) is 20.1. The summed E-state index contributed by atoms with van der Waals surface area (Å²) in [6.45, 7) is 4.46. The van der Waals surface area contributed by atoms with E-state index in [0.29, 0.717) is 13.1 Å². The van der Waals surface area contributed by atoms with E-state index in [-0.39, 0.29) is 18.7 Å². The van der Waals surface area contributed by atoms with Crippen LogP contribution in [-0.2, 0) is 12.1 Å². The van der Waals surface area contributed by atoms with Crippen molar-refractivity contribution in [1.82, 2.24) is 4.90 Å². The highest BCUT2D eigenvalue weighted by Crippen LogP contribution is 2.26. The molecule has 0 radical (unpaired) electrons. The highest BCUT2D eigenvalue weighted by molar-refractivity contribution is 5.29. The summed E-state index contributed by atoms with van der Waals surface area (Å²) in [4.78, 5) is 1.83. The number of benzene rings is 2. The van der Waals surface area contributed by atoms with E-state index in [1.807, 2.05) is 35.2 Å². The van der Waals surface area contributed by atoms with Crippen molar-refractivity contribution in [3.8, 4) is 0 Å². The molecule has 0 fully saturated rings. The van der Waals surface area contributed by atoms with Crippen LogP contribution in [0.1, 0.15) is 11.1 Å². The Morgan fingerprint density at radius 3 is 2.38 bits per heavy atom. The fourth-order valence-corrected chi connectivity index (χ4v) is 2.58. The third-order valence-corrected chi connectivity index (χ3v) is 3.89. The van der Waals surface area contributed by atoms with Crippen LogP contribution >= 0.6 is 0 Å². The summed E-state index contributed by atoms with van der Waals surface area (Å²) in [5.74, 6) is -1.99. The van der Waals surface area contributed by atoms with Gasteiger partial charge < -0.3 is 10.2 Å². The minimum atomic E-state index is -1.56. The smallest absolute Gasteiger partial charge is 0.159 e. The minimum Gasteiger partial charge on any atom is -0.395 e. The van der Waals surface area contributed by atoms with Crippen LogP contribution in [0.4, 0.5) is 8.78 Å². The van der Waals surface area contributed by atoms with E-state index in [0.717, 1.165) is 17.7 Å². The number of rotatable bonds is 8. The molecule has 0 saturated heterocycles. The molecule has 2 aromatic carbocycles. The number of halogens is 2. The SMILES string of the molecule is C=CC(O)(CN(CCO)Cc1ccccc1)c1ccc(F)c(F)c1. The molecule has 1 atom stereocenters. The van der Waals surface area contributed by atoms with Crippen molar-refractivity contribution in [2.24, 2.45) is 0 Å². The third kappa shape index (κ3) is 4.47. The van der Waals surface area contributed by atoms with Gasteiger partial charge in [0.1, 0.15) is 5.60 Å². The van der Waals surface area contributed by atoms with Crippen LogP contribution in [0, 0.1) is 11.6 Å². The molecule has 0 saturated carbocycles. The molecule has 0 bridgehead atoms. The maximum absolute atomic E-state index is 13.5. The van der Waals surface area contributed by atoms with Gasteiger partial charge in [0.15, 0.2) is 11.6 Å². The average molecular weight is 333 g/mol. The van der Waals surface area contributed by atoms with Gasteiger partial charge in [-0.2, -0.15) is 0 Å². The predicted molar refractivity (Wildman–Crippen MR) is 89.3 cm³/mol. The second-order valence-corrected chi connectivity index (χ2v) is 5.68. The van der Waals surface area contributed by atoms with Crippen LogP contribution in [0.5, 0.6) is 0 Å². The van der Waals surface area contributed by atoms with Crippen LogP contribution < -0.4 is 0 Å². The normalized spacial score (nSPS) is 13.7. The Labute approximate surface area is 140 Å². The molecule has 2 aromatic rings. The molecule has 0 amide bonds. The van der Waals surface area contributed by atoms with Crippen molar-refractivity contribution >= 4 is 0 Å². The van der Waals surface area contributed by atoms with Crippen LogP contribution in [-0.4, -0.2) is 34.8 Å². The fraction of sp³-hybridized carbons (Fsp3) is 0.263. The van der Waals surface area contributed by atoms with Crippen molar-refractivity contribution in [3.05, 3.63) is 83.9 Å². The molecule has 128 valence electrons. The topological polar surface area (TPSA) is 43.7 Å². The first-order chi connectivity index (χ1) is 11.5. The summed E-state index contributed by atoms with van der Waals surface area (Å²) in [6, 6.07) is 12.9. The molecule has 0 spiro atoms. The number of hydrogen-bond acceptors (Lipinski definition) is 3. The summed E-state index contributed by atoms with van der Waals surface area (Å²) < 4.78 is 26.6. The van der Waals surface area contributed by atoms with E-state index in [4.69, 9.17) is 0 Å². The molecule has 0 aromatic heterocycles. The van der Waals surface area contributed by atoms with Gasteiger partial charge >= 0.3 is 0 Å². The van der Waals surface area contributed by atoms with Crippen LogP contribution in [0.25, 0.3) is 0 Å². The summed E-state index contributed by atoms with van der Waals surface area (Å²) >= 11 is 0. The highest BCUT2D eigenvalue weighted by atomic mass is 19.2. The second kappa shape index (κ2) is 8.15. The maximum atomic E-state index is 13.5. The van der Waals surface area contributed by atoms with E-state index in [9.17, 15) is 19.0 Å². The van der Waals surface area contributed by atoms with Gasteiger partial charge in [0, 0.05) is 19.6 Å². The second-order valence-electron chi connectivity index (χ2n) is 5.68. The molecular formula is C19H21F2NO2. The average Bonchev–Trinajstić information content (AvgIpc) is 2.58. The molecule has 2 N–H and O–H groups in total. The molecule has 2 rings (SSSR count). The third-order valence-electron chi connectivity index (χ3n) is 3.89. The molecule has 3 nitrogen and oxygen atoms in total. The minimum absolute atomic E-state index is 0.0855. The molecular weight excluding hydrogens is 312 g/mol. The lowest BCUT2D eigenvalue weighted by atomic mass is 9.92. The van der Waals surface area contributed by atoms with Gasteiger partial charge in [-0.25, -0.2) is 8.78 Å². The molecule has 0 heterocycles. The van der Waals surface area contributed by atoms with Gasteiger partial charge in [0.05, 0.1) is 6.61 Å². The first kappa shape index (κ1) is 18.3. The van der Waals surface area contributed by atoms with Gasteiger partial charge in [0.25, 0.3) is 0 Å². The maximum Gasteiger partial charge on any atom is 0.159 e. The van der Waals surface area contributed by atoms with Gasteiger partial charge in [0.2, 0.25) is 0 Å². The van der Waals surface area contributed by atoms with Crippen LogP contribution in [0.3, 0.4) is 0 Å². The van der Waals surface area contributed by atoms with Crippen LogP contribution in [0.15, 0.2) is 61.2 Å². The largest absolute Gasteiger partial charge is 0.395 e. The number of hydrogen-bond donors (Lipinski definition) is 2. The molecule has 24 heavy (non-hydrogen) atoms. The monoisotopic (exact) mass is 333 g/mol.